The smallest absolute Gasteiger partial charge is 0.320 e. The average Bonchev–Trinajstić information content (AvgIpc) is 2.63. The lowest BCUT2D eigenvalue weighted by molar-refractivity contribution is -0.1000. The second-order valence-electron chi connectivity index (χ2n) is 10.9. The van der Waals surface area contributed by atoms with Crippen LogP contribution in [0, 0.1) is 34.2 Å². The number of nitrogens with zero attached hydrogens (tertiary/aromatic N) is 2. The lowest BCUT2D eigenvalue weighted by Gasteiger charge is -2.63. The van der Waals surface area contributed by atoms with Gasteiger partial charge in [-0.15, -0.1) is 0 Å². The van der Waals surface area contributed by atoms with Crippen LogP contribution in [-0.4, -0.2) is 42.0 Å². The maximum Gasteiger partial charge on any atom is 0.320 e. The van der Waals surface area contributed by atoms with Gasteiger partial charge in [0, 0.05) is 43.1 Å². The summed E-state index contributed by atoms with van der Waals surface area (Å²) in [7, 11) is 0. The van der Waals surface area contributed by atoms with Gasteiger partial charge in [0.1, 0.15) is 17.5 Å². The van der Waals surface area contributed by atoms with E-state index >= 15 is 0 Å². The van der Waals surface area contributed by atoms with E-state index in [-0.39, 0.29) is 22.7 Å². The van der Waals surface area contributed by atoms with Crippen molar-refractivity contribution in [3.63, 3.8) is 0 Å². The van der Waals surface area contributed by atoms with Gasteiger partial charge >= 0.3 is 6.03 Å². The molecular weight excluding hydrogens is 413 g/mol. The first kappa shape index (κ1) is 20.1. The molecule has 2 spiro atoms. The van der Waals surface area contributed by atoms with Crippen LogP contribution in [0.4, 0.5) is 18.0 Å². The van der Waals surface area contributed by atoms with Gasteiger partial charge < -0.3 is 9.80 Å². The van der Waals surface area contributed by atoms with Gasteiger partial charge in [-0.3, -0.25) is 0 Å². The lowest BCUT2D eigenvalue weighted by atomic mass is 9.55. The lowest BCUT2D eigenvalue weighted by Crippen LogP contribution is -2.70. The van der Waals surface area contributed by atoms with Crippen molar-refractivity contribution < 1.29 is 18.0 Å². The summed E-state index contributed by atoms with van der Waals surface area (Å²) in [5.74, 6) is -0.294. The summed E-state index contributed by atoms with van der Waals surface area (Å²) in [6, 6.07) is 10.8. The van der Waals surface area contributed by atoms with Crippen LogP contribution in [0.2, 0.25) is 0 Å². The van der Waals surface area contributed by atoms with Crippen molar-refractivity contribution in [1.82, 2.24) is 9.80 Å². The van der Waals surface area contributed by atoms with Gasteiger partial charge in [0.2, 0.25) is 0 Å². The molecule has 2 heterocycles. The molecule has 4 fully saturated rings. The highest BCUT2D eigenvalue weighted by Crippen LogP contribution is 2.57. The quantitative estimate of drug-likeness (QED) is 0.631. The number of halogens is 3. The van der Waals surface area contributed by atoms with Gasteiger partial charge in [0.15, 0.2) is 0 Å². The van der Waals surface area contributed by atoms with E-state index in [0.717, 1.165) is 57.9 Å². The fraction of sp³-hybridized carbons (Fsp3) is 0.500. The number of urea groups is 1. The largest absolute Gasteiger partial charge is 0.323 e. The molecule has 2 aliphatic heterocycles. The molecule has 2 saturated carbocycles. The highest BCUT2D eigenvalue weighted by molar-refractivity contribution is 5.77. The summed E-state index contributed by atoms with van der Waals surface area (Å²) in [6.07, 6.45) is 4.82. The third-order valence-electron chi connectivity index (χ3n) is 8.31. The first-order valence-electron chi connectivity index (χ1n) is 11.6. The fourth-order valence-corrected chi connectivity index (χ4v) is 6.78. The average molecular weight is 441 g/mol. The number of likely N-dealkylation sites (tertiary alicyclic amines) is 2. The second kappa shape index (κ2) is 7.00. The molecule has 4 aliphatic rings. The third kappa shape index (κ3) is 3.30. The van der Waals surface area contributed by atoms with Crippen molar-refractivity contribution >= 4 is 6.03 Å². The van der Waals surface area contributed by atoms with Crippen molar-refractivity contribution in [1.29, 1.82) is 0 Å². The molecule has 168 valence electrons. The van der Waals surface area contributed by atoms with Gasteiger partial charge in [-0.05, 0) is 73.3 Å². The molecule has 2 aliphatic carbocycles. The van der Waals surface area contributed by atoms with Crippen LogP contribution < -0.4 is 0 Å². The summed E-state index contributed by atoms with van der Waals surface area (Å²) >= 11 is 0. The van der Waals surface area contributed by atoms with E-state index in [4.69, 9.17) is 0 Å². The van der Waals surface area contributed by atoms with E-state index in [9.17, 15) is 18.0 Å². The molecule has 0 radical (unpaired) electrons. The monoisotopic (exact) mass is 440 g/mol. The van der Waals surface area contributed by atoms with Crippen LogP contribution in [0.1, 0.15) is 42.7 Å². The summed E-state index contributed by atoms with van der Waals surface area (Å²) in [5, 5.41) is 0. The summed E-state index contributed by atoms with van der Waals surface area (Å²) in [6.45, 7) is 3.27. The summed E-state index contributed by atoms with van der Waals surface area (Å²) < 4.78 is 40.1. The number of carbonyl (C=O) groups is 1. The molecule has 2 amide bonds. The van der Waals surface area contributed by atoms with Gasteiger partial charge in [-0.1, -0.05) is 18.2 Å². The minimum atomic E-state index is -0.537. The normalized spacial score (nSPS) is 23.5. The molecule has 6 rings (SSSR count). The highest BCUT2D eigenvalue weighted by atomic mass is 19.1. The predicted molar refractivity (Wildman–Crippen MR) is 115 cm³/mol. The zero-order chi connectivity index (χ0) is 22.1. The number of hydrogen-bond donors (Lipinski definition) is 0. The minimum Gasteiger partial charge on any atom is -0.323 e. The van der Waals surface area contributed by atoms with Crippen molar-refractivity contribution in [2.24, 2.45) is 16.7 Å². The topological polar surface area (TPSA) is 23.6 Å². The van der Waals surface area contributed by atoms with Crippen LogP contribution in [0.15, 0.2) is 42.5 Å². The summed E-state index contributed by atoms with van der Waals surface area (Å²) in [5.41, 5.74) is 2.26. The Balaban J connectivity index is 0.942. The molecule has 0 unspecified atom stereocenters. The molecule has 32 heavy (non-hydrogen) atoms. The van der Waals surface area contributed by atoms with E-state index in [0.29, 0.717) is 23.8 Å². The molecule has 0 atom stereocenters. The van der Waals surface area contributed by atoms with Gasteiger partial charge in [-0.25, -0.2) is 18.0 Å². The molecule has 2 aromatic carbocycles. The van der Waals surface area contributed by atoms with E-state index in [1.807, 2.05) is 21.9 Å². The van der Waals surface area contributed by atoms with Crippen LogP contribution >= 0.6 is 0 Å². The predicted octanol–water partition coefficient (Wildman–Crippen LogP) is 5.36. The fourth-order valence-electron chi connectivity index (χ4n) is 6.78. The zero-order valence-electron chi connectivity index (χ0n) is 18.0. The highest BCUT2D eigenvalue weighted by Gasteiger charge is 2.58. The number of rotatable bonds is 3. The Morgan fingerprint density at radius 3 is 1.97 bits per heavy atom. The van der Waals surface area contributed by atoms with Gasteiger partial charge in [0.25, 0.3) is 0 Å². The second-order valence-corrected chi connectivity index (χ2v) is 10.9. The molecule has 2 aromatic rings. The molecule has 0 aromatic heterocycles. The molecule has 6 heteroatoms. The molecule has 3 nitrogen and oxygen atoms in total. The number of amides is 2. The van der Waals surface area contributed by atoms with Crippen LogP contribution in [-0.2, 0) is 6.42 Å². The van der Waals surface area contributed by atoms with Crippen LogP contribution in [0.25, 0.3) is 0 Å². The molecule has 0 N–H and O–H groups in total. The Bertz CT molecular complexity index is 1040. The van der Waals surface area contributed by atoms with E-state index in [2.05, 4.69) is 0 Å². The Labute approximate surface area is 186 Å². The Kier molecular flexibility index (Phi) is 4.40. The number of benzene rings is 2. The van der Waals surface area contributed by atoms with Crippen LogP contribution in [0.5, 0.6) is 0 Å². The third-order valence-corrected chi connectivity index (χ3v) is 8.31. The molecule has 0 bridgehead atoms. The Morgan fingerprint density at radius 1 is 0.812 bits per heavy atom. The molecule has 2 saturated heterocycles. The summed E-state index contributed by atoms with van der Waals surface area (Å²) in [4.78, 5) is 16.8. The Hall–Kier alpha value is -2.50. The minimum absolute atomic E-state index is 0.152. The van der Waals surface area contributed by atoms with Crippen molar-refractivity contribution in [2.75, 3.05) is 26.2 Å². The van der Waals surface area contributed by atoms with Gasteiger partial charge in [-0.2, -0.15) is 0 Å². The van der Waals surface area contributed by atoms with Crippen molar-refractivity contribution in [3.05, 3.63) is 71.0 Å². The van der Waals surface area contributed by atoms with Crippen molar-refractivity contribution in [2.45, 2.75) is 38.0 Å². The van der Waals surface area contributed by atoms with E-state index in [1.54, 1.807) is 6.07 Å². The molecular formula is C26H27F3N2O. The number of hydrogen-bond acceptors (Lipinski definition) is 1. The maximum atomic E-state index is 13.9. The zero-order valence-corrected chi connectivity index (χ0v) is 18.0. The van der Waals surface area contributed by atoms with E-state index in [1.165, 1.54) is 23.8 Å². The first-order chi connectivity index (χ1) is 15.3. The van der Waals surface area contributed by atoms with Gasteiger partial charge in [0.05, 0.1) is 0 Å². The first-order valence-corrected chi connectivity index (χ1v) is 11.6. The maximum absolute atomic E-state index is 13.9. The SMILES string of the molecule is O=C(N1CC2(CC(Cc3ccc(F)cc3F)C2)C1)N1CC2(CC(c3ccc(F)cc3)C2)C1. The van der Waals surface area contributed by atoms with E-state index < -0.39 is 11.6 Å². The Morgan fingerprint density at radius 2 is 1.38 bits per heavy atom. The number of carbonyl (C=O) groups excluding carboxylic acids is 1. The van der Waals surface area contributed by atoms with Crippen LogP contribution in [0.3, 0.4) is 0 Å². The van der Waals surface area contributed by atoms with Crippen molar-refractivity contribution in [3.8, 4) is 0 Å². The standard InChI is InChI=1S/C26H27F3N2O/c27-21-4-1-18(2-5-21)20-11-26(12-20)15-31(16-26)24(32)30-13-25(14-30)9-17(10-25)7-19-3-6-22(28)8-23(19)29/h1-6,8,17,20H,7,9-16H2.